The first-order valence-electron chi connectivity index (χ1n) is 11.8. The van der Waals surface area contributed by atoms with Gasteiger partial charge in [-0.2, -0.15) is 0 Å². The first kappa shape index (κ1) is 24.5. The smallest absolute Gasteiger partial charge is 0.330 e. The Balaban J connectivity index is 1.70. The highest BCUT2D eigenvalue weighted by Gasteiger charge is 2.57. The molecule has 2 heterocycles. The third-order valence-electron chi connectivity index (χ3n) is 7.57. The average molecular weight is 489 g/mol. The second-order valence-corrected chi connectivity index (χ2v) is 17.1. The van der Waals surface area contributed by atoms with Crippen molar-refractivity contribution in [3.05, 3.63) is 62.9 Å². The highest BCUT2D eigenvalue weighted by Crippen LogP contribution is 2.54. The van der Waals surface area contributed by atoms with Crippen LogP contribution in [0.25, 0.3) is 0 Å². The molecule has 8 heteroatoms. The zero-order valence-electron chi connectivity index (χ0n) is 20.5. The Bertz CT molecular complexity index is 1110. The summed E-state index contributed by atoms with van der Waals surface area (Å²) in [5.41, 5.74) is -0.693. The van der Waals surface area contributed by atoms with Crippen LogP contribution in [-0.4, -0.2) is 34.8 Å². The summed E-state index contributed by atoms with van der Waals surface area (Å²) in [6.45, 7) is 13.1. The maximum Gasteiger partial charge on any atom is 0.330 e. The number of ether oxygens (including phenoxy) is 1. The van der Waals surface area contributed by atoms with Crippen LogP contribution in [0.5, 0.6) is 0 Å². The zero-order chi connectivity index (χ0) is 24.0. The van der Waals surface area contributed by atoms with Gasteiger partial charge in [0.05, 0.1) is 17.0 Å². The van der Waals surface area contributed by atoms with Crippen molar-refractivity contribution in [1.82, 2.24) is 9.55 Å². The van der Waals surface area contributed by atoms with E-state index in [1.54, 1.807) is 29.4 Å². The molecule has 0 radical (unpaired) electrons. The molecular formula is C25H36N2O4SSi. The lowest BCUT2D eigenvalue weighted by Gasteiger charge is -2.42. The summed E-state index contributed by atoms with van der Waals surface area (Å²) >= 11 is 1.74. The van der Waals surface area contributed by atoms with Gasteiger partial charge in [-0.05, 0) is 62.9 Å². The number of H-pyrrole nitrogens is 1. The van der Waals surface area contributed by atoms with E-state index in [4.69, 9.17) is 9.16 Å². The number of hydrogen-bond donors (Lipinski definition) is 1. The predicted molar refractivity (Wildman–Crippen MR) is 136 cm³/mol. The van der Waals surface area contributed by atoms with Crippen LogP contribution >= 0.6 is 11.8 Å². The number of aryl methyl sites for hydroxylation is 1. The van der Waals surface area contributed by atoms with Crippen LogP contribution in [-0.2, 0) is 9.16 Å². The van der Waals surface area contributed by atoms with Crippen LogP contribution < -0.4 is 11.2 Å². The maximum absolute atomic E-state index is 12.8. The SMILES string of the molecule is Cc1cn([C@@H]2OC3(CCC[C@H]3O[Si](C)(C)C(C)(C)C)C[C@H]2Sc2ccccc2)c(=O)[nH]c1=O. The van der Waals surface area contributed by atoms with E-state index in [0.29, 0.717) is 5.56 Å². The molecule has 1 saturated carbocycles. The number of hydrogen-bond acceptors (Lipinski definition) is 5. The predicted octanol–water partition coefficient (Wildman–Crippen LogP) is 5.24. The molecule has 0 bridgehead atoms. The molecule has 1 saturated heterocycles. The third kappa shape index (κ3) is 4.80. The van der Waals surface area contributed by atoms with E-state index in [1.807, 2.05) is 18.2 Å². The Morgan fingerprint density at radius 1 is 1.21 bits per heavy atom. The van der Waals surface area contributed by atoms with Gasteiger partial charge in [0.15, 0.2) is 14.5 Å². The Hall–Kier alpha value is -1.61. The van der Waals surface area contributed by atoms with E-state index in [2.05, 4.69) is 51.0 Å². The minimum absolute atomic E-state index is 0.0156. The number of aromatic amines is 1. The highest BCUT2D eigenvalue weighted by atomic mass is 32.2. The van der Waals surface area contributed by atoms with E-state index in [-0.39, 0.29) is 22.0 Å². The fourth-order valence-electron chi connectivity index (χ4n) is 4.67. The lowest BCUT2D eigenvalue weighted by atomic mass is 9.96. The quantitative estimate of drug-likeness (QED) is 0.583. The fourth-order valence-corrected chi connectivity index (χ4v) is 7.40. The van der Waals surface area contributed by atoms with Crippen molar-refractivity contribution in [3.63, 3.8) is 0 Å². The molecule has 0 amide bonds. The molecule has 1 N–H and O–H groups in total. The van der Waals surface area contributed by atoms with Crippen molar-refractivity contribution in [2.24, 2.45) is 0 Å². The van der Waals surface area contributed by atoms with Crippen molar-refractivity contribution in [3.8, 4) is 0 Å². The topological polar surface area (TPSA) is 73.3 Å². The molecule has 2 aromatic rings. The molecule has 1 aromatic heterocycles. The lowest BCUT2D eigenvalue weighted by molar-refractivity contribution is -0.116. The summed E-state index contributed by atoms with van der Waals surface area (Å²) in [5.74, 6) is 0. The second-order valence-electron chi connectivity index (χ2n) is 11.0. The lowest BCUT2D eigenvalue weighted by Crippen LogP contribution is -2.50. The van der Waals surface area contributed by atoms with Crippen molar-refractivity contribution in [2.75, 3.05) is 0 Å². The summed E-state index contributed by atoms with van der Waals surface area (Å²) in [5, 5.41) is 0.138. The van der Waals surface area contributed by atoms with Crippen LogP contribution in [0.15, 0.2) is 51.0 Å². The molecule has 2 aliphatic rings. The van der Waals surface area contributed by atoms with Gasteiger partial charge in [0.1, 0.15) is 0 Å². The van der Waals surface area contributed by atoms with E-state index >= 15 is 0 Å². The van der Waals surface area contributed by atoms with Crippen molar-refractivity contribution < 1.29 is 9.16 Å². The fraction of sp³-hybridized carbons (Fsp3) is 0.600. The molecule has 6 nitrogen and oxygen atoms in total. The van der Waals surface area contributed by atoms with Gasteiger partial charge in [-0.15, -0.1) is 11.8 Å². The molecule has 4 rings (SSSR count). The van der Waals surface area contributed by atoms with Gasteiger partial charge >= 0.3 is 5.69 Å². The van der Waals surface area contributed by atoms with E-state index in [1.165, 1.54) is 0 Å². The molecule has 2 fully saturated rings. The normalized spacial score (nSPS) is 28.0. The number of aromatic nitrogens is 2. The summed E-state index contributed by atoms with van der Waals surface area (Å²) in [4.78, 5) is 28.4. The standard InChI is InChI=1S/C25H36N2O4SSi/c1-17-16-27(23(29)26-21(17)28)22-19(32-18-11-8-7-9-12-18)15-25(30-22)14-10-13-20(25)31-33(5,6)24(2,3)4/h7-9,11-12,16,19-20,22H,10,13-15H2,1-6H3,(H,26,28,29)/t19-,20-,22-,25?/m1/s1. The number of benzene rings is 1. The van der Waals surface area contributed by atoms with Crippen LogP contribution in [0.3, 0.4) is 0 Å². The summed E-state index contributed by atoms with van der Waals surface area (Å²) in [6.07, 6.45) is 4.94. The second kappa shape index (κ2) is 8.87. The van der Waals surface area contributed by atoms with Crippen LogP contribution in [0.4, 0.5) is 0 Å². The first-order valence-corrected chi connectivity index (χ1v) is 15.6. The van der Waals surface area contributed by atoms with Gasteiger partial charge in [0.2, 0.25) is 0 Å². The molecule has 4 atom stereocenters. The molecular weight excluding hydrogens is 452 g/mol. The third-order valence-corrected chi connectivity index (χ3v) is 13.3. The largest absolute Gasteiger partial charge is 0.411 e. The van der Waals surface area contributed by atoms with Crippen molar-refractivity contribution in [2.45, 2.75) is 99.6 Å². The van der Waals surface area contributed by atoms with Crippen LogP contribution in [0.1, 0.15) is 58.2 Å². The molecule has 1 aliphatic carbocycles. The van der Waals surface area contributed by atoms with Crippen LogP contribution in [0, 0.1) is 6.92 Å². The van der Waals surface area contributed by atoms with Gasteiger partial charge < -0.3 is 9.16 Å². The molecule has 1 aromatic carbocycles. The van der Waals surface area contributed by atoms with Gasteiger partial charge in [-0.3, -0.25) is 14.3 Å². The van der Waals surface area contributed by atoms with Crippen molar-refractivity contribution >= 4 is 20.1 Å². The Morgan fingerprint density at radius 2 is 1.91 bits per heavy atom. The summed E-state index contributed by atoms with van der Waals surface area (Å²) in [7, 11) is -1.99. The average Bonchev–Trinajstić information content (AvgIpc) is 3.28. The number of thioether (sulfide) groups is 1. The zero-order valence-corrected chi connectivity index (χ0v) is 22.3. The van der Waals surface area contributed by atoms with Gasteiger partial charge in [-0.1, -0.05) is 39.0 Å². The summed E-state index contributed by atoms with van der Waals surface area (Å²) < 4.78 is 15.3. The molecule has 1 aliphatic heterocycles. The molecule has 1 spiro atoms. The number of rotatable bonds is 5. The number of nitrogens with zero attached hydrogens (tertiary/aromatic N) is 1. The molecule has 1 unspecified atom stereocenters. The highest BCUT2D eigenvalue weighted by molar-refractivity contribution is 8.00. The van der Waals surface area contributed by atoms with E-state index < -0.39 is 25.8 Å². The van der Waals surface area contributed by atoms with E-state index in [9.17, 15) is 9.59 Å². The monoisotopic (exact) mass is 488 g/mol. The van der Waals surface area contributed by atoms with Crippen molar-refractivity contribution in [1.29, 1.82) is 0 Å². The van der Waals surface area contributed by atoms with Gasteiger partial charge in [0.25, 0.3) is 5.56 Å². The molecule has 180 valence electrons. The Kier molecular flexibility index (Phi) is 6.59. The van der Waals surface area contributed by atoms with E-state index in [0.717, 1.165) is 30.6 Å². The Labute approximate surface area is 201 Å². The van der Waals surface area contributed by atoms with Gasteiger partial charge in [0, 0.05) is 16.7 Å². The first-order chi connectivity index (χ1) is 15.4. The number of nitrogens with one attached hydrogen (secondary N) is 1. The van der Waals surface area contributed by atoms with Gasteiger partial charge in [-0.25, -0.2) is 4.79 Å². The maximum atomic E-state index is 12.8. The molecule has 33 heavy (non-hydrogen) atoms. The Morgan fingerprint density at radius 3 is 2.58 bits per heavy atom. The minimum Gasteiger partial charge on any atom is -0.411 e. The summed E-state index contributed by atoms with van der Waals surface area (Å²) in [6, 6.07) is 10.2. The van der Waals surface area contributed by atoms with Crippen LogP contribution in [0.2, 0.25) is 18.1 Å². The minimum atomic E-state index is -1.99.